The largest absolute Gasteiger partial charge is 0.416 e. The third-order valence-electron chi connectivity index (χ3n) is 4.68. The maximum absolute atomic E-state index is 13.1. The highest BCUT2D eigenvalue weighted by molar-refractivity contribution is 6.02. The molecule has 0 unspecified atom stereocenters. The van der Waals surface area contributed by atoms with Crippen LogP contribution < -0.4 is 16.4 Å². The van der Waals surface area contributed by atoms with Gasteiger partial charge in [0.15, 0.2) is 0 Å². The number of rotatable bonds is 7. The molecule has 4 N–H and O–H groups in total. The molecule has 3 aromatic rings. The molecule has 0 saturated carbocycles. The second-order valence-corrected chi connectivity index (χ2v) is 7.67. The Morgan fingerprint density at radius 1 is 1.15 bits per heavy atom. The van der Waals surface area contributed by atoms with E-state index in [2.05, 4.69) is 25.8 Å². The fraction of sp³-hybridized carbons (Fsp3) is 0.286. The van der Waals surface area contributed by atoms with Crippen LogP contribution in [0.1, 0.15) is 43.4 Å². The van der Waals surface area contributed by atoms with Crippen LogP contribution in [-0.2, 0) is 19.3 Å². The summed E-state index contributed by atoms with van der Waals surface area (Å²) in [5.41, 5.74) is 5.76. The number of hydrogen-bond acceptors (Lipinski definition) is 8. The second-order valence-electron chi connectivity index (χ2n) is 7.67. The molecular formula is C21H22F3N7O3. The minimum Gasteiger partial charge on any atom is -0.383 e. The Kier molecular flexibility index (Phi) is 7.15. The number of nitrogens with two attached hydrogens (primary N) is 1. The second kappa shape index (κ2) is 9.87. The molecule has 0 atom stereocenters. The van der Waals surface area contributed by atoms with Gasteiger partial charge >= 0.3 is 6.18 Å². The number of nitrogen functional groups attached to an aromatic ring is 1. The first-order chi connectivity index (χ1) is 16.0. The van der Waals surface area contributed by atoms with E-state index in [9.17, 15) is 22.8 Å². The lowest BCUT2D eigenvalue weighted by atomic mass is 10.1. The van der Waals surface area contributed by atoms with E-state index < -0.39 is 23.6 Å². The van der Waals surface area contributed by atoms with Crippen molar-refractivity contribution in [1.82, 2.24) is 25.3 Å². The van der Waals surface area contributed by atoms with Gasteiger partial charge < -0.3 is 25.8 Å². The van der Waals surface area contributed by atoms with Gasteiger partial charge in [0.05, 0.1) is 12.1 Å². The molecule has 0 bridgehead atoms. The Bertz CT molecular complexity index is 1210. The van der Waals surface area contributed by atoms with Gasteiger partial charge in [0, 0.05) is 23.9 Å². The van der Waals surface area contributed by atoms with Crippen molar-refractivity contribution in [3.05, 3.63) is 64.4 Å². The van der Waals surface area contributed by atoms with E-state index >= 15 is 0 Å². The Morgan fingerprint density at radius 2 is 1.88 bits per heavy atom. The fourth-order valence-electron chi connectivity index (χ4n) is 3.05. The number of alkyl halides is 3. The van der Waals surface area contributed by atoms with E-state index in [4.69, 9.17) is 10.3 Å². The highest BCUT2D eigenvalue weighted by Crippen LogP contribution is 2.33. The molecule has 0 fully saturated rings. The summed E-state index contributed by atoms with van der Waals surface area (Å²) in [4.78, 5) is 34.7. The van der Waals surface area contributed by atoms with E-state index in [1.807, 2.05) is 0 Å². The lowest BCUT2D eigenvalue weighted by molar-refractivity contribution is -0.138. The van der Waals surface area contributed by atoms with Gasteiger partial charge in [-0.1, -0.05) is 11.2 Å². The molecule has 180 valence electrons. The van der Waals surface area contributed by atoms with E-state index in [1.165, 1.54) is 31.5 Å². The minimum atomic E-state index is -4.55. The van der Waals surface area contributed by atoms with Crippen molar-refractivity contribution in [3.8, 4) is 0 Å². The number of aryl methyl sites for hydroxylation is 1. The predicted molar refractivity (Wildman–Crippen MR) is 116 cm³/mol. The quantitative estimate of drug-likeness (QED) is 0.472. The van der Waals surface area contributed by atoms with E-state index in [0.717, 1.165) is 6.07 Å². The van der Waals surface area contributed by atoms with Gasteiger partial charge in [-0.3, -0.25) is 9.59 Å². The summed E-state index contributed by atoms with van der Waals surface area (Å²) in [6.45, 7) is 1.58. The van der Waals surface area contributed by atoms with Crippen molar-refractivity contribution in [1.29, 1.82) is 0 Å². The van der Waals surface area contributed by atoms with Crippen molar-refractivity contribution in [3.63, 3.8) is 0 Å². The third-order valence-corrected chi connectivity index (χ3v) is 4.68. The summed E-state index contributed by atoms with van der Waals surface area (Å²) in [6, 6.07) is 4.70. The Balaban J connectivity index is 1.66. The fourth-order valence-corrected chi connectivity index (χ4v) is 3.05. The van der Waals surface area contributed by atoms with Gasteiger partial charge in [0.25, 0.3) is 11.8 Å². The van der Waals surface area contributed by atoms with Gasteiger partial charge in [0.2, 0.25) is 5.76 Å². The van der Waals surface area contributed by atoms with Crippen LogP contribution in [0.4, 0.5) is 24.7 Å². The first kappa shape index (κ1) is 24.6. The average molecular weight is 477 g/mol. The first-order valence-corrected chi connectivity index (χ1v) is 9.92. The maximum atomic E-state index is 13.1. The molecule has 0 aliphatic rings. The SMILES string of the molecule is Cc1ccc(NC(=O)c2cc(CNC(=O)c3ncnc(N)c3CN(C)C)no2)cc1C(F)(F)F. The number of halogens is 3. The predicted octanol–water partition coefficient (Wildman–Crippen LogP) is 2.62. The summed E-state index contributed by atoms with van der Waals surface area (Å²) in [6.07, 6.45) is -3.37. The van der Waals surface area contributed by atoms with Crippen LogP contribution in [0.2, 0.25) is 0 Å². The molecule has 34 heavy (non-hydrogen) atoms. The van der Waals surface area contributed by atoms with Crippen LogP contribution in [0.15, 0.2) is 35.1 Å². The van der Waals surface area contributed by atoms with Gasteiger partial charge in [-0.15, -0.1) is 0 Å². The number of carbonyl (C=O) groups is 2. The normalized spacial score (nSPS) is 11.5. The summed E-state index contributed by atoms with van der Waals surface area (Å²) < 4.78 is 44.2. The summed E-state index contributed by atoms with van der Waals surface area (Å²) in [7, 11) is 3.60. The Labute approximate surface area is 192 Å². The molecule has 2 amide bonds. The van der Waals surface area contributed by atoms with Gasteiger partial charge in [-0.2, -0.15) is 13.2 Å². The number of hydrogen-bond donors (Lipinski definition) is 3. The maximum Gasteiger partial charge on any atom is 0.416 e. The molecule has 10 nitrogen and oxygen atoms in total. The van der Waals surface area contributed by atoms with Gasteiger partial charge in [0.1, 0.15) is 23.5 Å². The third kappa shape index (κ3) is 5.86. The summed E-state index contributed by atoms with van der Waals surface area (Å²) >= 11 is 0. The topological polar surface area (TPSA) is 139 Å². The monoisotopic (exact) mass is 477 g/mol. The molecule has 3 rings (SSSR count). The highest BCUT2D eigenvalue weighted by Gasteiger charge is 2.32. The molecule has 0 aliphatic carbocycles. The number of amides is 2. The summed E-state index contributed by atoms with van der Waals surface area (Å²) in [5.74, 6) is -1.38. The number of carbonyl (C=O) groups excluding carboxylic acids is 2. The molecular weight excluding hydrogens is 455 g/mol. The lowest BCUT2D eigenvalue weighted by Gasteiger charge is -2.14. The lowest BCUT2D eigenvalue weighted by Crippen LogP contribution is -2.27. The van der Waals surface area contributed by atoms with Crippen LogP contribution in [0, 0.1) is 6.92 Å². The summed E-state index contributed by atoms with van der Waals surface area (Å²) in [5, 5.41) is 8.65. The van der Waals surface area contributed by atoms with Crippen molar-refractivity contribution >= 4 is 23.3 Å². The van der Waals surface area contributed by atoms with Crippen molar-refractivity contribution < 1.29 is 27.3 Å². The van der Waals surface area contributed by atoms with Crippen LogP contribution in [0.25, 0.3) is 0 Å². The molecule has 0 saturated heterocycles. The highest BCUT2D eigenvalue weighted by atomic mass is 19.4. The van der Waals surface area contributed by atoms with Gasteiger partial charge in [-0.05, 0) is 38.7 Å². The smallest absolute Gasteiger partial charge is 0.383 e. The number of anilines is 2. The molecule has 13 heteroatoms. The van der Waals surface area contributed by atoms with E-state index in [-0.39, 0.29) is 40.8 Å². The van der Waals surface area contributed by atoms with Crippen molar-refractivity contribution in [2.75, 3.05) is 25.1 Å². The van der Waals surface area contributed by atoms with E-state index in [0.29, 0.717) is 12.1 Å². The molecule has 2 aromatic heterocycles. The standard InChI is InChI=1S/C21H22F3N7O3/c1-11-4-5-12(6-15(11)21(22,23)24)29-19(32)16-7-13(30-34-16)8-26-20(33)17-14(9-31(2)3)18(25)28-10-27-17/h4-7,10H,8-9H2,1-3H3,(H,26,33)(H,29,32)(H2,25,27,28). The minimum absolute atomic E-state index is 0.0300. The van der Waals surface area contributed by atoms with Crippen LogP contribution >= 0.6 is 0 Å². The van der Waals surface area contributed by atoms with Gasteiger partial charge in [-0.25, -0.2) is 9.97 Å². The zero-order valence-electron chi connectivity index (χ0n) is 18.5. The van der Waals surface area contributed by atoms with Crippen LogP contribution in [-0.4, -0.2) is 45.9 Å². The molecule has 1 aromatic carbocycles. The molecule has 0 spiro atoms. The zero-order valence-corrected chi connectivity index (χ0v) is 18.5. The van der Waals surface area contributed by atoms with Crippen molar-refractivity contribution in [2.45, 2.75) is 26.2 Å². The number of benzene rings is 1. The van der Waals surface area contributed by atoms with Crippen molar-refractivity contribution in [2.24, 2.45) is 0 Å². The molecule has 2 heterocycles. The van der Waals surface area contributed by atoms with Crippen LogP contribution in [0.3, 0.4) is 0 Å². The average Bonchev–Trinajstić information content (AvgIpc) is 3.23. The molecule has 0 aliphatic heterocycles. The molecule has 0 radical (unpaired) electrons. The zero-order chi connectivity index (χ0) is 25.0. The van der Waals surface area contributed by atoms with E-state index in [1.54, 1.807) is 19.0 Å². The van der Waals surface area contributed by atoms with Crippen LogP contribution in [0.5, 0.6) is 0 Å². The Morgan fingerprint density at radius 3 is 2.56 bits per heavy atom. The number of nitrogens with zero attached hydrogens (tertiary/aromatic N) is 4. The number of aromatic nitrogens is 3. The Hall–Kier alpha value is -4.00. The first-order valence-electron chi connectivity index (χ1n) is 9.92. The number of nitrogens with one attached hydrogen (secondary N) is 2.